The molecular weight excluding hydrogens is 392 g/mol. The molecule has 3 N–H and O–H groups in total. The standard InChI is InChI=1S/C25H22N4.C3H8/c1-16(26)17-8-11-19(12-9-17)25-28-23(24(29-25)22-7-2-3-14-27-22)21-13-10-18-5-4-6-20(18)15-21;1-3-2/h2-3,7-15H,1,4-6,26H2,(H,28,29);3H2,1-2H3. The van der Waals surface area contributed by atoms with E-state index in [-0.39, 0.29) is 0 Å². The Morgan fingerprint density at radius 2 is 1.69 bits per heavy atom. The third-order valence-electron chi connectivity index (χ3n) is 5.53. The summed E-state index contributed by atoms with van der Waals surface area (Å²) < 4.78 is 0. The maximum atomic E-state index is 5.80. The van der Waals surface area contributed by atoms with Gasteiger partial charge in [-0.25, -0.2) is 4.98 Å². The molecule has 0 unspecified atom stereocenters. The minimum Gasteiger partial charge on any atom is -0.399 e. The van der Waals surface area contributed by atoms with Crippen LogP contribution in [0.2, 0.25) is 0 Å². The van der Waals surface area contributed by atoms with Crippen LogP contribution in [0.4, 0.5) is 0 Å². The molecule has 4 aromatic rings. The van der Waals surface area contributed by atoms with Crippen LogP contribution in [-0.2, 0) is 12.8 Å². The first kappa shape index (κ1) is 21.6. The summed E-state index contributed by atoms with van der Waals surface area (Å²) in [4.78, 5) is 13.0. The zero-order chi connectivity index (χ0) is 22.5. The van der Waals surface area contributed by atoms with Gasteiger partial charge in [-0.3, -0.25) is 4.98 Å². The molecule has 0 spiro atoms. The lowest BCUT2D eigenvalue weighted by atomic mass is 10.0. The van der Waals surface area contributed by atoms with E-state index in [4.69, 9.17) is 10.7 Å². The molecule has 0 amide bonds. The molecule has 2 heterocycles. The molecular formula is C28H30N4. The highest BCUT2D eigenvalue weighted by Gasteiger charge is 2.18. The predicted molar refractivity (Wildman–Crippen MR) is 134 cm³/mol. The van der Waals surface area contributed by atoms with Gasteiger partial charge in [0, 0.05) is 23.0 Å². The first-order chi connectivity index (χ1) is 15.6. The minimum absolute atomic E-state index is 0.559. The van der Waals surface area contributed by atoms with Gasteiger partial charge in [-0.2, -0.15) is 0 Å². The molecule has 1 aliphatic carbocycles. The Kier molecular flexibility index (Phi) is 6.50. The fourth-order valence-electron chi connectivity index (χ4n) is 3.98. The Morgan fingerprint density at radius 1 is 0.969 bits per heavy atom. The van der Waals surface area contributed by atoms with Crippen molar-refractivity contribution in [2.75, 3.05) is 0 Å². The second-order valence-corrected chi connectivity index (χ2v) is 8.17. The Hall–Kier alpha value is -3.66. The molecule has 0 saturated heterocycles. The van der Waals surface area contributed by atoms with Crippen molar-refractivity contribution in [3.63, 3.8) is 0 Å². The van der Waals surface area contributed by atoms with E-state index in [0.717, 1.165) is 46.0 Å². The number of H-pyrrole nitrogens is 1. The monoisotopic (exact) mass is 422 g/mol. The highest BCUT2D eigenvalue weighted by molar-refractivity contribution is 5.80. The summed E-state index contributed by atoms with van der Waals surface area (Å²) in [5.41, 5.74) is 15.1. The Labute approximate surface area is 190 Å². The Bertz CT molecular complexity index is 1200. The largest absolute Gasteiger partial charge is 0.399 e. The lowest BCUT2D eigenvalue weighted by Crippen LogP contribution is -1.93. The fraction of sp³-hybridized carbons (Fsp3) is 0.214. The minimum atomic E-state index is 0.559. The van der Waals surface area contributed by atoms with E-state index in [1.807, 2.05) is 48.7 Å². The van der Waals surface area contributed by atoms with Crippen molar-refractivity contribution in [2.45, 2.75) is 39.5 Å². The summed E-state index contributed by atoms with van der Waals surface area (Å²) >= 11 is 0. The second kappa shape index (κ2) is 9.65. The number of hydrogen-bond acceptors (Lipinski definition) is 3. The number of aryl methyl sites for hydroxylation is 2. The third kappa shape index (κ3) is 4.50. The highest BCUT2D eigenvalue weighted by Crippen LogP contribution is 2.34. The van der Waals surface area contributed by atoms with Crippen molar-refractivity contribution in [1.82, 2.24) is 15.0 Å². The van der Waals surface area contributed by atoms with E-state index < -0.39 is 0 Å². The average Bonchev–Trinajstić information content (AvgIpc) is 3.47. The number of aromatic nitrogens is 3. The van der Waals surface area contributed by atoms with Gasteiger partial charge in [0.1, 0.15) is 5.82 Å². The second-order valence-electron chi connectivity index (χ2n) is 8.17. The van der Waals surface area contributed by atoms with Gasteiger partial charge in [0.15, 0.2) is 0 Å². The van der Waals surface area contributed by atoms with Gasteiger partial charge >= 0.3 is 0 Å². The van der Waals surface area contributed by atoms with Gasteiger partial charge in [-0.1, -0.05) is 69.3 Å². The molecule has 162 valence electrons. The van der Waals surface area contributed by atoms with E-state index in [9.17, 15) is 0 Å². The number of rotatable bonds is 4. The van der Waals surface area contributed by atoms with Crippen LogP contribution in [0, 0.1) is 0 Å². The lowest BCUT2D eigenvalue weighted by Gasteiger charge is -2.05. The van der Waals surface area contributed by atoms with Crippen molar-refractivity contribution >= 4 is 5.70 Å². The van der Waals surface area contributed by atoms with Crippen LogP contribution in [0.1, 0.15) is 43.4 Å². The fourth-order valence-corrected chi connectivity index (χ4v) is 3.98. The van der Waals surface area contributed by atoms with Crippen LogP contribution >= 0.6 is 0 Å². The smallest absolute Gasteiger partial charge is 0.138 e. The molecule has 0 atom stereocenters. The van der Waals surface area contributed by atoms with Crippen molar-refractivity contribution in [3.8, 4) is 34.0 Å². The normalized spacial score (nSPS) is 12.1. The number of aromatic amines is 1. The molecule has 2 aromatic heterocycles. The number of benzene rings is 2. The molecule has 0 bridgehead atoms. The van der Waals surface area contributed by atoms with E-state index in [0.29, 0.717) is 5.70 Å². The van der Waals surface area contributed by atoms with E-state index in [1.165, 1.54) is 30.4 Å². The van der Waals surface area contributed by atoms with Crippen molar-refractivity contribution in [1.29, 1.82) is 0 Å². The summed E-state index contributed by atoms with van der Waals surface area (Å²) in [6, 6.07) is 20.6. The zero-order valence-corrected chi connectivity index (χ0v) is 18.9. The van der Waals surface area contributed by atoms with Gasteiger partial charge in [0.2, 0.25) is 0 Å². The van der Waals surface area contributed by atoms with Gasteiger partial charge in [0.05, 0.1) is 17.1 Å². The van der Waals surface area contributed by atoms with Crippen LogP contribution in [-0.4, -0.2) is 15.0 Å². The molecule has 0 fully saturated rings. The van der Waals surface area contributed by atoms with Gasteiger partial charge in [-0.15, -0.1) is 0 Å². The van der Waals surface area contributed by atoms with Crippen molar-refractivity contribution < 1.29 is 0 Å². The maximum Gasteiger partial charge on any atom is 0.138 e. The number of imidazole rings is 1. The average molecular weight is 423 g/mol. The van der Waals surface area contributed by atoms with Crippen LogP contribution in [0.25, 0.3) is 39.7 Å². The van der Waals surface area contributed by atoms with Crippen LogP contribution < -0.4 is 5.73 Å². The van der Waals surface area contributed by atoms with Crippen molar-refractivity contribution in [3.05, 3.63) is 90.1 Å². The molecule has 32 heavy (non-hydrogen) atoms. The molecule has 0 aliphatic heterocycles. The first-order valence-corrected chi connectivity index (χ1v) is 11.3. The SMILES string of the molecule is C=C(N)c1ccc(-c2nc(-c3ccc4c(c3)CCC4)c(-c3ccccn3)[nH]2)cc1.CCC. The predicted octanol–water partition coefficient (Wildman–Crippen LogP) is 6.64. The molecule has 4 heteroatoms. The summed E-state index contributed by atoms with van der Waals surface area (Å²) in [5, 5.41) is 0. The van der Waals surface area contributed by atoms with E-state index in [2.05, 4.69) is 48.6 Å². The molecule has 5 rings (SSSR count). The molecule has 4 nitrogen and oxygen atoms in total. The van der Waals surface area contributed by atoms with Crippen LogP contribution in [0.3, 0.4) is 0 Å². The zero-order valence-electron chi connectivity index (χ0n) is 18.9. The Balaban J connectivity index is 0.000000775. The summed E-state index contributed by atoms with van der Waals surface area (Å²) in [5.74, 6) is 0.815. The summed E-state index contributed by atoms with van der Waals surface area (Å²) in [6.45, 7) is 8.05. The molecule has 0 radical (unpaired) electrons. The molecule has 2 aromatic carbocycles. The van der Waals surface area contributed by atoms with Crippen LogP contribution in [0.15, 0.2) is 73.4 Å². The molecule has 0 saturated carbocycles. The lowest BCUT2D eigenvalue weighted by molar-refractivity contribution is 0.912. The maximum absolute atomic E-state index is 5.80. The quantitative estimate of drug-likeness (QED) is 0.387. The highest BCUT2D eigenvalue weighted by atomic mass is 15.0. The Morgan fingerprint density at radius 3 is 2.38 bits per heavy atom. The third-order valence-corrected chi connectivity index (χ3v) is 5.53. The van der Waals surface area contributed by atoms with Gasteiger partial charge in [0.25, 0.3) is 0 Å². The number of pyridine rings is 1. The number of fused-ring (bicyclic) bond motifs is 1. The number of nitrogens with one attached hydrogen (secondary N) is 1. The van der Waals surface area contributed by atoms with E-state index in [1.54, 1.807) is 0 Å². The molecule has 1 aliphatic rings. The number of nitrogens with two attached hydrogens (primary N) is 1. The first-order valence-electron chi connectivity index (χ1n) is 11.3. The van der Waals surface area contributed by atoms with Crippen molar-refractivity contribution in [2.24, 2.45) is 5.73 Å². The number of nitrogens with zero attached hydrogens (tertiary/aromatic N) is 2. The summed E-state index contributed by atoms with van der Waals surface area (Å²) in [6.07, 6.45) is 6.61. The van der Waals surface area contributed by atoms with Crippen LogP contribution in [0.5, 0.6) is 0 Å². The topological polar surface area (TPSA) is 67.6 Å². The summed E-state index contributed by atoms with van der Waals surface area (Å²) in [7, 11) is 0. The van der Waals surface area contributed by atoms with E-state index >= 15 is 0 Å². The number of hydrogen-bond donors (Lipinski definition) is 2. The van der Waals surface area contributed by atoms with Gasteiger partial charge in [-0.05, 0) is 54.2 Å². The van der Waals surface area contributed by atoms with Gasteiger partial charge < -0.3 is 10.7 Å².